The van der Waals surface area contributed by atoms with E-state index in [1.807, 2.05) is 43.7 Å². The molecule has 8 heteroatoms. The van der Waals surface area contributed by atoms with E-state index in [4.69, 9.17) is 14.9 Å². The third-order valence-electron chi connectivity index (χ3n) is 6.14. The second kappa shape index (κ2) is 10.3. The number of benzene rings is 1. The summed E-state index contributed by atoms with van der Waals surface area (Å²) in [5.41, 5.74) is 0.658. The van der Waals surface area contributed by atoms with Gasteiger partial charge in [0.15, 0.2) is 5.69 Å². The summed E-state index contributed by atoms with van der Waals surface area (Å²) in [5.74, 6) is 0.474. The summed E-state index contributed by atoms with van der Waals surface area (Å²) >= 11 is 0. The summed E-state index contributed by atoms with van der Waals surface area (Å²) in [4.78, 5) is 26.0. The highest BCUT2D eigenvalue weighted by atomic mass is 16.5. The van der Waals surface area contributed by atoms with Crippen molar-refractivity contribution in [1.82, 2.24) is 20.4 Å². The van der Waals surface area contributed by atoms with Gasteiger partial charge in [0.05, 0.1) is 19.2 Å². The molecule has 1 aromatic heterocycles. The molecule has 176 valence electrons. The van der Waals surface area contributed by atoms with E-state index in [-0.39, 0.29) is 19.1 Å². The number of carbonyl (C=O) groups excluding carboxylic acids is 2. The molecule has 0 spiro atoms. The monoisotopic (exact) mass is 444 g/mol. The highest BCUT2D eigenvalue weighted by molar-refractivity contribution is 6.06. The Bertz CT molecular complexity index is 941. The summed E-state index contributed by atoms with van der Waals surface area (Å²) in [5, 5.41) is 20.0. The number of aliphatic hydroxyl groups excluding tert-OH is 1. The second-order valence-electron chi connectivity index (χ2n) is 9.70. The molecule has 0 radical (unpaired) electrons. The highest BCUT2D eigenvalue weighted by Crippen LogP contribution is 2.29. The summed E-state index contributed by atoms with van der Waals surface area (Å²) in [6, 6.07) is 4.87. The first kappa shape index (κ1) is 24.0. The second-order valence-corrected chi connectivity index (χ2v) is 9.70. The lowest BCUT2D eigenvalue weighted by Gasteiger charge is -2.30. The number of nitrogens with one attached hydrogen (secondary N) is 2. The molecule has 0 saturated heterocycles. The fourth-order valence-electron chi connectivity index (χ4n) is 4.36. The highest BCUT2D eigenvalue weighted by Gasteiger charge is 2.34. The van der Waals surface area contributed by atoms with Crippen LogP contribution < -0.4 is 15.4 Å². The van der Waals surface area contributed by atoms with Gasteiger partial charge in [-0.1, -0.05) is 40.0 Å². The van der Waals surface area contributed by atoms with E-state index in [1.54, 1.807) is 7.11 Å². The molecular weight excluding hydrogens is 408 g/mol. The van der Waals surface area contributed by atoms with Crippen LogP contribution in [-0.2, 0) is 11.3 Å². The zero-order valence-electron chi connectivity index (χ0n) is 19.6. The maximum absolute atomic E-state index is 13.3. The normalized spacial score (nSPS) is 16.0. The Morgan fingerprint density at radius 3 is 2.59 bits per heavy atom. The summed E-state index contributed by atoms with van der Waals surface area (Å²) in [7, 11) is 1.59. The number of nitrogens with zero attached hydrogens (tertiary/aromatic N) is 2. The van der Waals surface area contributed by atoms with Gasteiger partial charge >= 0.3 is 0 Å². The number of fused-ring (bicyclic) bond motifs is 1. The zero-order chi connectivity index (χ0) is 23.3. The van der Waals surface area contributed by atoms with Crippen molar-refractivity contribution in [3.05, 3.63) is 23.9 Å². The van der Waals surface area contributed by atoms with Gasteiger partial charge in [0.2, 0.25) is 5.91 Å². The number of methoxy groups -OCH3 is 1. The van der Waals surface area contributed by atoms with Crippen molar-refractivity contribution in [2.75, 3.05) is 20.3 Å². The number of ether oxygens (including phenoxy) is 1. The molecule has 8 nitrogen and oxygen atoms in total. The minimum absolute atomic E-state index is 0.136. The molecule has 1 atom stereocenters. The Morgan fingerprint density at radius 2 is 1.97 bits per heavy atom. The molecule has 3 rings (SSSR count). The van der Waals surface area contributed by atoms with Crippen molar-refractivity contribution in [2.45, 2.75) is 65.5 Å². The van der Waals surface area contributed by atoms with Gasteiger partial charge < -0.3 is 20.5 Å². The van der Waals surface area contributed by atoms with Crippen molar-refractivity contribution >= 4 is 22.7 Å². The summed E-state index contributed by atoms with van der Waals surface area (Å²) < 4.78 is 7.31. The Balaban J connectivity index is 1.92. The number of aromatic nitrogens is 2. The van der Waals surface area contributed by atoms with Gasteiger partial charge in [-0.15, -0.1) is 0 Å². The van der Waals surface area contributed by atoms with Crippen LogP contribution in [0.25, 0.3) is 10.9 Å². The Labute approximate surface area is 189 Å². The number of amides is 2. The first-order valence-electron chi connectivity index (χ1n) is 11.5. The Hall–Kier alpha value is -2.61. The molecule has 1 aromatic carbocycles. The minimum atomic E-state index is -0.772. The average molecular weight is 445 g/mol. The van der Waals surface area contributed by atoms with Crippen molar-refractivity contribution in [2.24, 2.45) is 11.3 Å². The van der Waals surface area contributed by atoms with Gasteiger partial charge in [-0.2, -0.15) is 5.10 Å². The maximum atomic E-state index is 13.3. The molecular formula is C24H36N4O4. The van der Waals surface area contributed by atoms with E-state index in [9.17, 15) is 9.59 Å². The summed E-state index contributed by atoms with van der Waals surface area (Å²) in [6.07, 6.45) is 6.11. The van der Waals surface area contributed by atoms with Gasteiger partial charge in [-0.25, -0.2) is 0 Å². The van der Waals surface area contributed by atoms with Crippen LogP contribution in [0.4, 0.5) is 0 Å². The smallest absolute Gasteiger partial charge is 0.273 e. The van der Waals surface area contributed by atoms with Crippen LogP contribution in [0.1, 0.15) is 63.4 Å². The van der Waals surface area contributed by atoms with Gasteiger partial charge in [0.25, 0.3) is 5.91 Å². The predicted octanol–water partition coefficient (Wildman–Crippen LogP) is 2.88. The topological polar surface area (TPSA) is 105 Å². The molecule has 0 bridgehead atoms. The Morgan fingerprint density at radius 1 is 1.25 bits per heavy atom. The molecule has 32 heavy (non-hydrogen) atoms. The number of carbonyl (C=O) groups is 2. The first-order valence-corrected chi connectivity index (χ1v) is 11.5. The van der Waals surface area contributed by atoms with Crippen molar-refractivity contribution in [3.8, 4) is 5.75 Å². The van der Waals surface area contributed by atoms with E-state index in [2.05, 4.69) is 10.6 Å². The van der Waals surface area contributed by atoms with Crippen LogP contribution in [0.5, 0.6) is 5.75 Å². The van der Waals surface area contributed by atoms with E-state index >= 15 is 0 Å². The van der Waals surface area contributed by atoms with Crippen LogP contribution >= 0.6 is 0 Å². The SMILES string of the molecule is COc1ccc2c(c1)c(C(=O)N[C@H](C(=O)NCCO)C(C)(C)C)nn2CC1CCCCC1. The van der Waals surface area contributed by atoms with E-state index < -0.39 is 17.4 Å². The quantitative estimate of drug-likeness (QED) is 0.581. The predicted molar refractivity (Wildman–Crippen MR) is 124 cm³/mol. The summed E-state index contributed by atoms with van der Waals surface area (Å²) in [6.45, 7) is 6.41. The molecule has 1 saturated carbocycles. The lowest BCUT2D eigenvalue weighted by molar-refractivity contribution is -0.125. The fourth-order valence-corrected chi connectivity index (χ4v) is 4.36. The maximum Gasteiger partial charge on any atom is 0.273 e. The number of rotatable bonds is 8. The van der Waals surface area contributed by atoms with Crippen molar-refractivity contribution in [3.63, 3.8) is 0 Å². The molecule has 1 aliphatic rings. The van der Waals surface area contributed by atoms with Crippen LogP contribution in [0.2, 0.25) is 0 Å². The number of aliphatic hydroxyl groups is 1. The van der Waals surface area contributed by atoms with Crippen LogP contribution in [0, 0.1) is 11.3 Å². The van der Waals surface area contributed by atoms with Gasteiger partial charge in [0.1, 0.15) is 11.8 Å². The van der Waals surface area contributed by atoms with E-state index in [1.165, 1.54) is 32.1 Å². The number of hydrogen-bond acceptors (Lipinski definition) is 5. The van der Waals surface area contributed by atoms with Crippen molar-refractivity contribution in [1.29, 1.82) is 0 Å². The van der Waals surface area contributed by atoms with Crippen molar-refractivity contribution < 1.29 is 19.4 Å². The van der Waals surface area contributed by atoms with Crippen LogP contribution in [-0.4, -0.2) is 53.0 Å². The molecule has 1 aliphatic carbocycles. The molecule has 1 fully saturated rings. The van der Waals surface area contributed by atoms with Crippen LogP contribution in [0.15, 0.2) is 18.2 Å². The lowest BCUT2D eigenvalue weighted by Crippen LogP contribution is -2.54. The van der Waals surface area contributed by atoms with Gasteiger partial charge in [-0.3, -0.25) is 14.3 Å². The molecule has 1 heterocycles. The fraction of sp³-hybridized carbons (Fsp3) is 0.625. The molecule has 2 amide bonds. The molecule has 2 aromatic rings. The zero-order valence-corrected chi connectivity index (χ0v) is 19.6. The third-order valence-corrected chi connectivity index (χ3v) is 6.14. The third kappa shape index (κ3) is 5.59. The van der Waals surface area contributed by atoms with E-state index in [0.717, 1.165) is 12.1 Å². The molecule has 3 N–H and O–H groups in total. The van der Waals surface area contributed by atoms with Gasteiger partial charge in [-0.05, 0) is 42.4 Å². The molecule has 0 unspecified atom stereocenters. The standard InChI is InChI=1S/C24H36N4O4/c1-24(2,3)21(23(31)25-12-13-29)26-22(30)20-18-14-17(32-4)10-11-19(18)28(27-20)15-16-8-6-5-7-9-16/h10-11,14,16,21,29H,5-9,12-13,15H2,1-4H3,(H,25,31)(H,26,30)/t21-/m1/s1. The minimum Gasteiger partial charge on any atom is -0.497 e. The van der Waals surface area contributed by atoms with Gasteiger partial charge in [0, 0.05) is 18.5 Å². The number of hydrogen-bond donors (Lipinski definition) is 3. The largest absolute Gasteiger partial charge is 0.497 e. The molecule has 0 aliphatic heterocycles. The first-order chi connectivity index (χ1) is 15.2. The van der Waals surface area contributed by atoms with E-state index in [0.29, 0.717) is 22.7 Å². The van der Waals surface area contributed by atoms with Crippen LogP contribution in [0.3, 0.4) is 0 Å². The average Bonchev–Trinajstić information content (AvgIpc) is 3.13. The lowest BCUT2D eigenvalue weighted by atomic mass is 9.86. The Kier molecular flexibility index (Phi) is 7.77.